The van der Waals surface area contributed by atoms with Crippen LogP contribution in [-0.4, -0.2) is 34.8 Å². The number of halogens is 4. The number of non-ortho nitro benzene ring substituents is 1. The van der Waals surface area contributed by atoms with Crippen LogP contribution in [0.3, 0.4) is 0 Å². The van der Waals surface area contributed by atoms with E-state index in [9.17, 15) is 32.5 Å². The van der Waals surface area contributed by atoms with Gasteiger partial charge in [0.25, 0.3) is 5.69 Å². The highest BCUT2D eigenvalue weighted by molar-refractivity contribution is 5.92. The highest BCUT2D eigenvalue weighted by Gasteiger charge is 2.41. The maximum atomic E-state index is 12.8. The van der Waals surface area contributed by atoms with Crippen molar-refractivity contribution in [1.82, 2.24) is 4.98 Å². The van der Waals surface area contributed by atoms with Gasteiger partial charge >= 0.3 is 12.3 Å². The maximum Gasteiger partial charge on any atom is 0.340 e. The van der Waals surface area contributed by atoms with Crippen molar-refractivity contribution in [3.05, 3.63) is 58.3 Å². The number of aromatic nitrogens is 1. The van der Waals surface area contributed by atoms with E-state index in [1.807, 2.05) is 0 Å². The standard InChI is InChI=1S/C16H13F4N3O4/c17-15(18)16(19,20)9-27-14-6-3-11(8-21-14)22-13(24)7-10-1-4-12(5-2-10)23(25)26/h1-6,8,15H,7,9H2,(H,22,24). The lowest BCUT2D eigenvalue weighted by atomic mass is 10.1. The molecular weight excluding hydrogens is 374 g/mol. The van der Waals surface area contributed by atoms with Crippen molar-refractivity contribution in [2.24, 2.45) is 0 Å². The van der Waals surface area contributed by atoms with Gasteiger partial charge in [-0.1, -0.05) is 12.1 Å². The van der Waals surface area contributed by atoms with Gasteiger partial charge in [-0.2, -0.15) is 8.78 Å². The van der Waals surface area contributed by atoms with Gasteiger partial charge in [-0.25, -0.2) is 13.8 Å². The molecule has 144 valence electrons. The molecule has 1 amide bonds. The molecule has 1 aromatic heterocycles. The molecule has 0 fully saturated rings. The average molecular weight is 387 g/mol. The molecule has 1 N–H and O–H groups in total. The lowest BCUT2D eigenvalue weighted by molar-refractivity contribution is -0.384. The number of nitro groups is 1. The molecule has 27 heavy (non-hydrogen) atoms. The number of pyridine rings is 1. The summed E-state index contributed by atoms with van der Waals surface area (Å²) in [5.41, 5.74) is 0.673. The van der Waals surface area contributed by atoms with E-state index >= 15 is 0 Å². The summed E-state index contributed by atoms with van der Waals surface area (Å²) >= 11 is 0. The van der Waals surface area contributed by atoms with Crippen LogP contribution < -0.4 is 10.1 Å². The Morgan fingerprint density at radius 2 is 1.89 bits per heavy atom. The van der Waals surface area contributed by atoms with Crippen LogP contribution in [0.25, 0.3) is 0 Å². The number of anilines is 1. The van der Waals surface area contributed by atoms with Crippen LogP contribution in [-0.2, 0) is 11.2 Å². The zero-order valence-electron chi connectivity index (χ0n) is 13.6. The van der Waals surface area contributed by atoms with Crippen molar-refractivity contribution in [2.45, 2.75) is 18.8 Å². The average Bonchev–Trinajstić information content (AvgIpc) is 2.61. The topological polar surface area (TPSA) is 94.4 Å². The van der Waals surface area contributed by atoms with Crippen molar-refractivity contribution in [3.8, 4) is 5.88 Å². The Hall–Kier alpha value is -3.24. The van der Waals surface area contributed by atoms with Gasteiger partial charge in [0, 0.05) is 18.2 Å². The number of alkyl halides is 4. The van der Waals surface area contributed by atoms with Crippen LogP contribution in [0.4, 0.5) is 28.9 Å². The molecule has 0 spiro atoms. The second-order valence-electron chi connectivity index (χ2n) is 5.38. The summed E-state index contributed by atoms with van der Waals surface area (Å²) in [6, 6.07) is 7.86. The lowest BCUT2D eigenvalue weighted by Gasteiger charge is -2.15. The van der Waals surface area contributed by atoms with E-state index in [1.54, 1.807) is 0 Å². The van der Waals surface area contributed by atoms with E-state index in [1.165, 1.54) is 30.3 Å². The second-order valence-corrected chi connectivity index (χ2v) is 5.38. The Morgan fingerprint density at radius 1 is 1.22 bits per heavy atom. The molecule has 0 saturated carbocycles. The van der Waals surface area contributed by atoms with Crippen molar-refractivity contribution in [1.29, 1.82) is 0 Å². The van der Waals surface area contributed by atoms with Crippen molar-refractivity contribution in [2.75, 3.05) is 11.9 Å². The van der Waals surface area contributed by atoms with Crippen LogP contribution in [0.15, 0.2) is 42.6 Å². The van der Waals surface area contributed by atoms with Gasteiger partial charge in [-0.05, 0) is 11.6 Å². The minimum absolute atomic E-state index is 0.0587. The molecule has 0 aliphatic carbocycles. The number of rotatable bonds is 8. The largest absolute Gasteiger partial charge is 0.471 e. The van der Waals surface area contributed by atoms with E-state index in [0.717, 1.165) is 12.3 Å². The Balaban J connectivity index is 1.88. The predicted molar refractivity (Wildman–Crippen MR) is 86.1 cm³/mol. The Kier molecular flexibility index (Phi) is 6.27. The van der Waals surface area contributed by atoms with Crippen LogP contribution in [0.2, 0.25) is 0 Å². The third-order valence-electron chi connectivity index (χ3n) is 3.26. The van der Waals surface area contributed by atoms with E-state index in [4.69, 9.17) is 0 Å². The molecule has 7 nitrogen and oxygen atoms in total. The molecule has 0 unspecified atom stereocenters. The molecule has 0 saturated heterocycles. The number of carbonyl (C=O) groups is 1. The molecular formula is C16H13F4N3O4. The van der Waals surface area contributed by atoms with Gasteiger partial charge in [0.2, 0.25) is 11.8 Å². The van der Waals surface area contributed by atoms with Crippen LogP contribution in [0, 0.1) is 10.1 Å². The monoisotopic (exact) mass is 387 g/mol. The number of nitro benzene ring substituents is 1. The van der Waals surface area contributed by atoms with Crippen molar-refractivity contribution < 1.29 is 32.0 Å². The third kappa shape index (κ3) is 5.90. The number of hydrogen-bond acceptors (Lipinski definition) is 5. The fourth-order valence-corrected chi connectivity index (χ4v) is 1.90. The van der Waals surface area contributed by atoms with Gasteiger partial charge in [-0.3, -0.25) is 14.9 Å². The molecule has 0 bridgehead atoms. The number of benzene rings is 1. The van der Waals surface area contributed by atoms with Crippen LogP contribution in [0.1, 0.15) is 5.56 Å². The van der Waals surface area contributed by atoms with Crippen LogP contribution in [0.5, 0.6) is 5.88 Å². The molecule has 1 aromatic carbocycles. The third-order valence-corrected chi connectivity index (χ3v) is 3.26. The number of hydrogen-bond donors (Lipinski definition) is 1. The zero-order chi connectivity index (χ0) is 20.0. The van der Waals surface area contributed by atoms with Crippen LogP contribution >= 0.6 is 0 Å². The molecule has 2 rings (SSSR count). The first-order valence-corrected chi connectivity index (χ1v) is 7.45. The number of ether oxygens (including phenoxy) is 1. The Labute approximate surface area is 150 Å². The first-order chi connectivity index (χ1) is 12.7. The minimum atomic E-state index is -4.29. The van der Waals surface area contributed by atoms with E-state index < -0.39 is 29.8 Å². The Morgan fingerprint density at radius 3 is 2.41 bits per heavy atom. The van der Waals surface area contributed by atoms with E-state index in [0.29, 0.717) is 5.56 Å². The number of amides is 1. The molecule has 0 aliphatic heterocycles. The summed E-state index contributed by atoms with van der Waals surface area (Å²) in [6.45, 7) is -1.52. The van der Waals surface area contributed by atoms with Gasteiger partial charge in [0.1, 0.15) is 0 Å². The first-order valence-electron chi connectivity index (χ1n) is 7.45. The SMILES string of the molecule is O=C(Cc1ccc([N+](=O)[O-])cc1)Nc1ccc(OCC(F)(F)C(F)F)nc1. The van der Waals surface area contributed by atoms with Crippen molar-refractivity contribution >= 4 is 17.3 Å². The van der Waals surface area contributed by atoms with Crippen molar-refractivity contribution in [3.63, 3.8) is 0 Å². The predicted octanol–water partition coefficient (Wildman–Crippen LogP) is 3.45. The van der Waals surface area contributed by atoms with Gasteiger partial charge in [0.05, 0.1) is 23.2 Å². The highest BCUT2D eigenvalue weighted by atomic mass is 19.3. The fourth-order valence-electron chi connectivity index (χ4n) is 1.90. The molecule has 2 aromatic rings. The number of nitrogens with zero attached hydrogens (tertiary/aromatic N) is 2. The maximum absolute atomic E-state index is 12.8. The first kappa shape index (κ1) is 20.1. The molecule has 0 aliphatic rings. The summed E-state index contributed by atoms with van der Waals surface area (Å²) in [5, 5.41) is 13.1. The summed E-state index contributed by atoms with van der Waals surface area (Å²) in [4.78, 5) is 25.6. The number of carbonyl (C=O) groups excluding carboxylic acids is 1. The fraction of sp³-hybridized carbons (Fsp3) is 0.250. The lowest BCUT2D eigenvalue weighted by Crippen LogP contribution is -2.33. The van der Waals surface area contributed by atoms with Gasteiger partial charge < -0.3 is 10.1 Å². The van der Waals surface area contributed by atoms with Gasteiger partial charge in [0.15, 0.2) is 6.61 Å². The molecule has 11 heteroatoms. The minimum Gasteiger partial charge on any atom is -0.471 e. The molecule has 1 heterocycles. The van der Waals surface area contributed by atoms with Gasteiger partial charge in [-0.15, -0.1) is 0 Å². The Bertz CT molecular complexity index is 798. The zero-order valence-corrected chi connectivity index (χ0v) is 13.6. The summed E-state index contributed by atoms with van der Waals surface area (Å²) < 4.78 is 54.1. The quantitative estimate of drug-likeness (QED) is 0.425. The number of nitrogens with one attached hydrogen (secondary N) is 1. The second kappa shape index (κ2) is 8.43. The highest BCUT2D eigenvalue weighted by Crippen LogP contribution is 2.24. The normalized spacial score (nSPS) is 11.3. The van der Waals surface area contributed by atoms with E-state index in [2.05, 4.69) is 15.0 Å². The molecule has 0 atom stereocenters. The summed E-state index contributed by atoms with van der Waals surface area (Å²) in [5.74, 6) is -5.04. The summed E-state index contributed by atoms with van der Waals surface area (Å²) in [7, 11) is 0. The molecule has 0 radical (unpaired) electrons. The van der Waals surface area contributed by atoms with E-state index in [-0.39, 0.29) is 23.7 Å². The summed E-state index contributed by atoms with van der Waals surface area (Å²) in [6.07, 6.45) is -2.80. The smallest absolute Gasteiger partial charge is 0.340 e.